The highest BCUT2D eigenvalue weighted by Gasteiger charge is 2.14. The number of benzene rings is 1. The van der Waals surface area contributed by atoms with Gasteiger partial charge in [-0.1, -0.05) is 21.1 Å². The van der Waals surface area contributed by atoms with Crippen molar-refractivity contribution in [2.75, 3.05) is 12.4 Å². The van der Waals surface area contributed by atoms with E-state index in [1.807, 2.05) is 0 Å². The highest BCUT2D eigenvalue weighted by molar-refractivity contribution is 9.10. The lowest BCUT2D eigenvalue weighted by Gasteiger charge is -2.05. The number of carbonyl (C=O) groups excluding carboxylic acids is 1. The highest BCUT2D eigenvalue weighted by atomic mass is 79.9. The van der Waals surface area contributed by atoms with Crippen molar-refractivity contribution in [3.8, 4) is 0 Å². The van der Waals surface area contributed by atoms with Crippen LogP contribution in [0.2, 0.25) is 0 Å². The van der Waals surface area contributed by atoms with Crippen LogP contribution < -0.4 is 5.32 Å². The maximum atomic E-state index is 12.0. The van der Waals surface area contributed by atoms with Gasteiger partial charge in [-0.15, -0.1) is 0 Å². The molecule has 1 amide bonds. The van der Waals surface area contributed by atoms with Crippen LogP contribution in [-0.4, -0.2) is 29.2 Å². The molecule has 1 heterocycles. The van der Waals surface area contributed by atoms with Gasteiger partial charge in [0.05, 0.1) is 5.56 Å². The van der Waals surface area contributed by atoms with Crippen molar-refractivity contribution >= 4 is 33.5 Å². The Bertz CT molecular complexity index is 683. The van der Waals surface area contributed by atoms with Crippen LogP contribution in [0.4, 0.5) is 5.69 Å². The van der Waals surface area contributed by atoms with Crippen molar-refractivity contribution in [3.63, 3.8) is 0 Å². The molecule has 110 valence electrons. The first-order chi connectivity index (χ1) is 9.99. The lowest BCUT2D eigenvalue weighted by Crippen LogP contribution is -2.12. The van der Waals surface area contributed by atoms with E-state index in [2.05, 4.69) is 26.4 Å². The molecule has 1 aromatic carbocycles. The number of methoxy groups -OCH3 is 1. The van der Waals surface area contributed by atoms with Gasteiger partial charge in [-0.3, -0.25) is 4.79 Å². The number of halogens is 1. The van der Waals surface area contributed by atoms with Crippen LogP contribution in [0.25, 0.3) is 0 Å². The van der Waals surface area contributed by atoms with Gasteiger partial charge in [0.1, 0.15) is 6.61 Å². The Balaban J connectivity index is 2.16. The highest BCUT2D eigenvalue weighted by Crippen LogP contribution is 2.20. The van der Waals surface area contributed by atoms with Crippen LogP contribution in [0, 0.1) is 0 Å². The third-order valence-corrected chi connectivity index (χ3v) is 2.94. The molecule has 0 atom stereocenters. The van der Waals surface area contributed by atoms with Crippen LogP contribution in [0.15, 0.2) is 33.3 Å². The summed E-state index contributed by atoms with van der Waals surface area (Å²) in [6.07, 6.45) is 0. The van der Waals surface area contributed by atoms with Gasteiger partial charge >= 0.3 is 5.97 Å². The molecule has 8 heteroatoms. The molecule has 0 spiro atoms. The number of hydrogen-bond donors (Lipinski definition) is 2. The Labute approximate surface area is 128 Å². The first-order valence-corrected chi connectivity index (χ1v) is 6.58. The second kappa shape index (κ2) is 6.51. The lowest BCUT2D eigenvalue weighted by molar-refractivity contribution is 0.0696. The summed E-state index contributed by atoms with van der Waals surface area (Å²) in [5.41, 5.74) is 0.474. The molecular weight excluding hydrogens is 344 g/mol. The number of carbonyl (C=O) groups is 2. The van der Waals surface area contributed by atoms with Crippen molar-refractivity contribution < 1.29 is 24.0 Å². The second-order valence-electron chi connectivity index (χ2n) is 4.10. The van der Waals surface area contributed by atoms with E-state index in [9.17, 15) is 9.59 Å². The third kappa shape index (κ3) is 3.89. The van der Waals surface area contributed by atoms with E-state index >= 15 is 0 Å². The van der Waals surface area contributed by atoms with Crippen molar-refractivity contribution in [2.45, 2.75) is 6.61 Å². The van der Waals surface area contributed by atoms with Crippen LogP contribution in [0.1, 0.15) is 26.6 Å². The normalized spacial score (nSPS) is 10.4. The summed E-state index contributed by atoms with van der Waals surface area (Å²) in [5, 5.41) is 15.1. The molecule has 1 aromatic heterocycles. The topological polar surface area (TPSA) is 102 Å². The van der Waals surface area contributed by atoms with Gasteiger partial charge in [-0.25, -0.2) is 4.79 Å². The molecule has 21 heavy (non-hydrogen) atoms. The summed E-state index contributed by atoms with van der Waals surface area (Å²) in [6, 6.07) is 5.82. The van der Waals surface area contributed by atoms with Gasteiger partial charge in [-0.2, -0.15) is 0 Å². The number of amides is 1. The molecule has 0 aliphatic carbocycles. The molecule has 2 rings (SSSR count). The molecular formula is C13H11BrN2O5. The summed E-state index contributed by atoms with van der Waals surface area (Å²) in [7, 11) is 1.50. The Morgan fingerprint density at radius 2 is 2.14 bits per heavy atom. The molecule has 0 aliphatic rings. The number of nitrogens with zero attached hydrogens (tertiary/aromatic N) is 1. The number of aromatic carboxylic acids is 1. The molecule has 0 aliphatic heterocycles. The molecule has 7 nitrogen and oxygen atoms in total. The largest absolute Gasteiger partial charge is 0.478 e. The zero-order chi connectivity index (χ0) is 15.4. The molecule has 0 fully saturated rings. The maximum absolute atomic E-state index is 12.0. The van der Waals surface area contributed by atoms with Crippen LogP contribution in [-0.2, 0) is 11.3 Å². The van der Waals surface area contributed by atoms with E-state index in [1.54, 1.807) is 6.07 Å². The van der Waals surface area contributed by atoms with Gasteiger partial charge in [-0.05, 0) is 18.2 Å². The number of nitrogens with one attached hydrogen (secondary N) is 1. The van der Waals surface area contributed by atoms with Crippen molar-refractivity contribution in [2.24, 2.45) is 0 Å². The SMILES string of the molecule is COCc1cc(C(=O)Nc2cc(Br)cc(C(=O)O)c2)no1. The van der Waals surface area contributed by atoms with Crippen LogP contribution in [0.3, 0.4) is 0 Å². The fourth-order valence-electron chi connectivity index (χ4n) is 1.61. The molecule has 0 radical (unpaired) electrons. The Morgan fingerprint density at radius 3 is 2.81 bits per heavy atom. The number of ether oxygens (including phenoxy) is 1. The number of carboxylic acids is 1. The summed E-state index contributed by atoms with van der Waals surface area (Å²) in [5.74, 6) is -1.17. The number of rotatable bonds is 5. The fraction of sp³-hybridized carbons (Fsp3) is 0.154. The third-order valence-electron chi connectivity index (χ3n) is 2.48. The predicted octanol–water partition coefficient (Wildman–Crippen LogP) is 2.53. The quantitative estimate of drug-likeness (QED) is 0.855. The number of hydrogen-bond acceptors (Lipinski definition) is 5. The average Bonchev–Trinajstić information content (AvgIpc) is 2.87. The molecule has 0 bridgehead atoms. The van der Waals surface area contributed by atoms with Crippen molar-refractivity contribution in [3.05, 3.63) is 45.8 Å². The lowest BCUT2D eigenvalue weighted by atomic mass is 10.2. The van der Waals surface area contributed by atoms with Crippen LogP contribution >= 0.6 is 15.9 Å². The molecule has 2 N–H and O–H groups in total. The number of aromatic nitrogens is 1. The van der Waals surface area contributed by atoms with Gasteiger partial charge in [0.15, 0.2) is 11.5 Å². The van der Waals surface area contributed by atoms with Gasteiger partial charge in [0.2, 0.25) is 0 Å². The van der Waals surface area contributed by atoms with E-state index in [4.69, 9.17) is 14.4 Å². The van der Waals surface area contributed by atoms with Crippen molar-refractivity contribution in [1.82, 2.24) is 5.16 Å². The minimum Gasteiger partial charge on any atom is -0.478 e. The molecule has 0 saturated carbocycles. The van der Waals surface area contributed by atoms with Gasteiger partial charge in [0.25, 0.3) is 5.91 Å². The van der Waals surface area contributed by atoms with E-state index < -0.39 is 11.9 Å². The Kier molecular flexibility index (Phi) is 4.71. The smallest absolute Gasteiger partial charge is 0.335 e. The first kappa shape index (κ1) is 15.2. The van der Waals surface area contributed by atoms with E-state index in [0.29, 0.717) is 15.9 Å². The number of anilines is 1. The molecule has 0 unspecified atom stereocenters. The Morgan fingerprint density at radius 1 is 1.38 bits per heavy atom. The predicted molar refractivity (Wildman–Crippen MR) is 76.3 cm³/mol. The standard InChI is InChI=1S/C13H11BrN2O5/c1-20-6-10-5-11(16-21-10)12(17)15-9-3-7(13(18)19)2-8(14)4-9/h2-5H,6H2,1H3,(H,15,17)(H,18,19). The minimum atomic E-state index is -1.09. The summed E-state index contributed by atoms with van der Waals surface area (Å²) in [6.45, 7) is 0.209. The Hall–Kier alpha value is -2.19. The second-order valence-corrected chi connectivity index (χ2v) is 5.02. The van der Waals surface area contributed by atoms with Crippen molar-refractivity contribution in [1.29, 1.82) is 0 Å². The minimum absolute atomic E-state index is 0.0555. The zero-order valence-electron chi connectivity index (χ0n) is 10.9. The maximum Gasteiger partial charge on any atom is 0.335 e. The average molecular weight is 355 g/mol. The monoisotopic (exact) mass is 354 g/mol. The summed E-state index contributed by atoms with van der Waals surface area (Å²) >= 11 is 3.19. The van der Waals surface area contributed by atoms with Gasteiger partial charge in [0, 0.05) is 23.3 Å². The number of carboxylic acid groups (broad SMARTS) is 1. The molecule has 2 aromatic rings. The van der Waals surface area contributed by atoms with E-state index in [1.165, 1.54) is 25.3 Å². The van der Waals surface area contributed by atoms with E-state index in [-0.39, 0.29) is 17.9 Å². The zero-order valence-corrected chi connectivity index (χ0v) is 12.5. The van der Waals surface area contributed by atoms with Gasteiger partial charge < -0.3 is 19.7 Å². The fourth-order valence-corrected chi connectivity index (χ4v) is 2.10. The van der Waals surface area contributed by atoms with E-state index in [0.717, 1.165) is 0 Å². The summed E-state index contributed by atoms with van der Waals surface area (Å²) < 4.78 is 10.3. The van der Waals surface area contributed by atoms with Crippen LogP contribution in [0.5, 0.6) is 0 Å². The first-order valence-electron chi connectivity index (χ1n) is 5.79. The summed E-state index contributed by atoms with van der Waals surface area (Å²) in [4.78, 5) is 22.9. The molecule has 0 saturated heterocycles.